The van der Waals surface area contributed by atoms with Crippen molar-refractivity contribution in [3.05, 3.63) is 66.1 Å². The van der Waals surface area contributed by atoms with Crippen LogP contribution in [0.5, 0.6) is 0 Å². The summed E-state index contributed by atoms with van der Waals surface area (Å²) in [6.07, 6.45) is 4.50. The molecule has 0 bridgehead atoms. The van der Waals surface area contributed by atoms with Crippen LogP contribution in [0.3, 0.4) is 0 Å². The molecule has 136 valence electrons. The largest absolute Gasteiger partial charge is 0.264 e. The SMILES string of the molecule is [2H]C([2H])([2H])c1ccncc1-c1cc(-c2cnc3nc(C(C([2H])([2H])[2H])(C([2H])([2H])[2H])C([2H])([2H])[2H])cnn23)ccc1F. The van der Waals surface area contributed by atoms with Crippen LogP contribution in [-0.2, 0) is 5.41 Å². The number of aromatic nitrogens is 5. The molecule has 0 N–H and O–H groups in total. The molecule has 0 radical (unpaired) electrons. The number of hydrogen-bond acceptors (Lipinski definition) is 4. The van der Waals surface area contributed by atoms with Gasteiger partial charge in [-0.15, -0.1) is 0 Å². The highest BCUT2D eigenvalue weighted by molar-refractivity contribution is 5.74. The molecule has 5 nitrogen and oxygen atoms in total. The van der Waals surface area contributed by atoms with Crippen LogP contribution in [0, 0.1) is 12.7 Å². The lowest BCUT2D eigenvalue weighted by molar-refractivity contribution is 0.562. The highest BCUT2D eigenvalue weighted by atomic mass is 19.1. The summed E-state index contributed by atoms with van der Waals surface area (Å²) in [6, 6.07) is 5.08. The molecule has 4 rings (SSSR count). The number of pyridine rings is 1. The zero-order chi connectivity index (χ0) is 29.2. The Morgan fingerprint density at radius 3 is 2.78 bits per heavy atom. The molecule has 0 aliphatic heterocycles. The first-order chi connectivity index (χ1) is 17.8. The van der Waals surface area contributed by atoms with Gasteiger partial charge in [0.25, 0.3) is 5.78 Å². The number of aryl methyl sites for hydroxylation is 1. The predicted molar refractivity (Wildman–Crippen MR) is 103 cm³/mol. The van der Waals surface area contributed by atoms with Gasteiger partial charge in [0.15, 0.2) is 0 Å². The van der Waals surface area contributed by atoms with Crippen LogP contribution in [0.4, 0.5) is 4.39 Å². The van der Waals surface area contributed by atoms with E-state index in [-0.39, 0.29) is 28.2 Å². The Bertz CT molecular complexity index is 1500. The third-order valence-electron chi connectivity index (χ3n) is 3.99. The average molecular weight is 373 g/mol. The van der Waals surface area contributed by atoms with Crippen molar-refractivity contribution in [1.29, 1.82) is 0 Å². The zero-order valence-corrected chi connectivity index (χ0v) is 13.7. The fraction of sp³-hybridized carbons (Fsp3) is 0.238. The number of hydrogen-bond donors (Lipinski definition) is 0. The van der Waals surface area contributed by atoms with Gasteiger partial charge in [0.1, 0.15) is 5.82 Å². The minimum absolute atomic E-state index is 0.0388. The molecule has 27 heavy (non-hydrogen) atoms. The molecular formula is C21H20FN5. The zero-order valence-electron chi connectivity index (χ0n) is 25.7. The van der Waals surface area contributed by atoms with E-state index in [9.17, 15) is 4.39 Å². The Balaban J connectivity index is 1.91. The maximum Gasteiger partial charge on any atom is 0.251 e. The van der Waals surface area contributed by atoms with Gasteiger partial charge >= 0.3 is 0 Å². The van der Waals surface area contributed by atoms with Gasteiger partial charge in [-0.3, -0.25) is 4.98 Å². The molecular weight excluding hydrogens is 341 g/mol. The first-order valence-corrected chi connectivity index (χ1v) is 7.77. The summed E-state index contributed by atoms with van der Waals surface area (Å²) in [7, 11) is 0. The molecule has 0 unspecified atom stereocenters. The second-order valence-electron chi connectivity index (χ2n) is 5.86. The normalized spacial score (nSPS) is 20.3. The summed E-state index contributed by atoms with van der Waals surface area (Å²) in [6.45, 7) is -13.1. The Morgan fingerprint density at radius 1 is 1.07 bits per heavy atom. The second-order valence-corrected chi connectivity index (χ2v) is 5.86. The third kappa shape index (κ3) is 3.07. The fourth-order valence-electron chi connectivity index (χ4n) is 2.65. The maximum absolute atomic E-state index is 14.9. The van der Waals surface area contributed by atoms with Crippen LogP contribution in [0.1, 0.15) is 48.3 Å². The standard InChI is InChI=1S/C21H20FN5/c1-13-7-8-23-10-16(13)15-9-14(5-6-17(15)22)18-11-24-20-26-19(21(2,3)4)12-25-27(18)20/h5-12H,1-4H3/i1D3,2D3,3D3,4D3. The summed E-state index contributed by atoms with van der Waals surface area (Å²) >= 11 is 0. The lowest BCUT2D eigenvalue weighted by Crippen LogP contribution is -2.15. The Kier molecular flexibility index (Phi) is 1.90. The molecule has 3 aromatic heterocycles. The summed E-state index contributed by atoms with van der Waals surface area (Å²) < 4.78 is 110. The Hall–Kier alpha value is -3.15. The summed E-state index contributed by atoms with van der Waals surface area (Å²) in [5, 5.41) is 4.05. The number of benzene rings is 1. The van der Waals surface area contributed by atoms with Crippen molar-refractivity contribution in [3.8, 4) is 22.4 Å². The summed E-state index contributed by atoms with van der Waals surface area (Å²) in [5.74, 6) is -1.03. The van der Waals surface area contributed by atoms with E-state index in [0.717, 1.165) is 16.8 Å². The smallest absolute Gasteiger partial charge is 0.251 e. The van der Waals surface area contributed by atoms with Crippen LogP contribution in [0.25, 0.3) is 28.2 Å². The van der Waals surface area contributed by atoms with Crippen molar-refractivity contribution in [2.24, 2.45) is 0 Å². The minimum atomic E-state index is -3.53. The Morgan fingerprint density at radius 2 is 1.96 bits per heavy atom. The van der Waals surface area contributed by atoms with Crippen molar-refractivity contribution in [1.82, 2.24) is 24.6 Å². The van der Waals surface area contributed by atoms with Gasteiger partial charge in [0.05, 0.1) is 23.8 Å². The minimum Gasteiger partial charge on any atom is -0.264 e. The molecule has 0 saturated heterocycles. The molecule has 0 aliphatic carbocycles. The first-order valence-electron chi connectivity index (χ1n) is 13.8. The molecule has 0 saturated carbocycles. The van der Waals surface area contributed by atoms with Crippen LogP contribution in [0.15, 0.2) is 49.1 Å². The van der Waals surface area contributed by atoms with Crippen LogP contribution in [-0.4, -0.2) is 24.6 Å². The van der Waals surface area contributed by atoms with Crippen molar-refractivity contribution < 1.29 is 20.8 Å². The molecule has 0 atom stereocenters. The van der Waals surface area contributed by atoms with E-state index >= 15 is 0 Å². The molecule has 0 spiro atoms. The van der Waals surface area contributed by atoms with E-state index in [0.29, 0.717) is 5.56 Å². The van der Waals surface area contributed by atoms with Crippen LogP contribution in [0.2, 0.25) is 0 Å². The number of imidazole rings is 1. The number of rotatable bonds is 2. The third-order valence-corrected chi connectivity index (χ3v) is 3.99. The molecule has 3 heterocycles. The molecule has 0 amide bonds. The van der Waals surface area contributed by atoms with Crippen molar-refractivity contribution in [2.75, 3.05) is 0 Å². The van der Waals surface area contributed by atoms with Gasteiger partial charge in [0, 0.05) is 50.9 Å². The number of fused-ring (bicyclic) bond motifs is 1. The second kappa shape index (κ2) is 6.23. The summed E-state index contributed by atoms with van der Waals surface area (Å²) in [5.41, 5.74) is -3.82. The van der Waals surface area contributed by atoms with Crippen molar-refractivity contribution in [2.45, 2.75) is 32.8 Å². The predicted octanol–water partition coefficient (Wildman–Crippen LogP) is 4.60. The van der Waals surface area contributed by atoms with E-state index < -0.39 is 44.3 Å². The maximum atomic E-state index is 14.9. The summed E-state index contributed by atoms with van der Waals surface area (Å²) in [4.78, 5) is 11.9. The molecule has 6 heteroatoms. The molecule has 0 aliphatic rings. The number of halogens is 1. The van der Waals surface area contributed by atoms with Crippen molar-refractivity contribution in [3.63, 3.8) is 0 Å². The quantitative estimate of drug-likeness (QED) is 0.515. The topological polar surface area (TPSA) is 56.0 Å². The molecule has 0 fully saturated rings. The number of nitrogens with zero attached hydrogens (tertiary/aromatic N) is 5. The van der Waals surface area contributed by atoms with Gasteiger partial charge in [-0.1, -0.05) is 20.6 Å². The van der Waals surface area contributed by atoms with E-state index in [1.54, 1.807) is 0 Å². The van der Waals surface area contributed by atoms with Gasteiger partial charge in [0.2, 0.25) is 0 Å². The lowest BCUT2D eigenvalue weighted by Gasteiger charge is -2.16. The van der Waals surface area contributed by atoms with Crippen molar-refractivity contribution >= 4 is 5.78 Å². The lowest BCUT2D eigenvalue weighted by atomic mass is 9.93. The van der Waals surface area contributed by atoms with Gasteiger partial charge in [-0.2, -0.15) is 9.61 Å². The van der Waals surface area contributed by atoms with E-state index in [4.69, 9.17) is 16.4 Å². The van der Waals surface area contributed by atoms with Gasteiger partial charge < -0.3 is 0 Å². The first kappa shape index (κ1) is 8.25. The van der Waals surface area contributed by atoms with E-state index in [2.05, 4.69) is 20.1 Å². The fourth-order valence-corrected chi connectivity index (χ4v) is 2.65. The highest BCUT2D eigenvalue weighted by Crippen LogP contribution is 2.30. The van der Waals surface area contributed by atoms with E-state index in [1.165, 1.54) is 36.8 Å². The molecule has 1 aromatic carbocycles. The van der Waals surface area contributed by atoms with Gasteiger partial charge in [-0.25, -0.2) is 14.4 Å². The highest BCUT2D eigenvalue weighted by Gasteiger charge is 2.19. The van der Waals surface area contributed by atoms with Crippen LogP contribution >= 0.6 is 0 Å². The molecule has 4 aromatic rings. The average Bonchev–Trinajstić information content (AvgIpc) is 3.19. The van der Waals surface area contributed by atoms with Crippen LogP contribution < -0.4 is 0 Å². The van der Waals surface area contributed by atoms with Gasteiger partial charge in [-0.05, 0) is 36.7 Å². The Labute approximate surface area is 173 Å². The van der Waals surface area contributed by atoms with E-state index in [1.807, 2.05) is 0 Å². The monoisotopic (exact) mass is 373 g/mol.